The number of benzene rings is 2. The molecule has 2 aromatic carbocycles. The van der Waals surface area contributed by atoms with Gasteiger partial charge in [-0.1, -0.05) is 48.9 Å². The Morgan fingerprint density at radius 2 is 1.71 bits per heavy atom. The van der Waals surface area contributed by atoms with E-state index in [4.69, 9.17) is 26.1 Å². The molecule has 0 saturated heterocycles. The van der Waals surface area contributed by atoms with Gasteiger partial charge in [-0.3, -0.25) is 4.79 Å². The molecule has 0 saturated carbocycles. The predicted octanol–water partition coefficient (Wildman–Crippen LogP) is 7.01. The second kappa shape index (κ2) is 11.3. The van der Waals surface area contributed by atoms with E-state index in [0.717, 1.165) is 28.9 Å². The third-order valence-electron chi connectivity index (χ3n) is 6.30. The van der Waals surface area contributed by atoms with Crippen molar-refractivity contribution in [2.45, 2.75) is 34.1 Å². The Bertz CT molecular complexity index is 1560. The maximum Gasteiger partial charge on any atom is 0.348 e. The van der Waals surface area contributed by atoms with E-state index in [1.54, 1.807) is 32.0 Å². The molecule has 7 nitrogen and oxygen atoms in total. The van der Waals surface area contributed by atoms with E-state index in [1.807, 2.05) is 31.2 Å². The number of aryl methyl sites for hydroxylation is 2. The number of hydrogen-bond acceptors (Lipinski definition) is 7. The van der Waals surface area contributed by atoms with Crippen LogP contribution in [-0.4, -0.2) is 36.5 Å². The van der Waals surface area contributed by atoms with Crippen molar-refractivity contribution in [2.75, 3.05) is 19.0 Å². The van der Waals surface area contributed by atoms with Crippen molar-refractivity contribution in [2.24, 2.45) is 0 Å². The maximum absolute atomic E-state index is 13.8. The van der Waals surface area contributed by atoms with E-state index in [-0.39, 0.29) is 22.0 Å². The zero-order chi connectivity index (χ0) is 27.6. The minimum atomic E-state index is -0.634. The van der Waals surface area contributed by atoms with Gasteiger partial charge in [0, 0.05) is 16.0 Å². The highest BCUT2D eigenvalue weighted by molar-refractivity contribution is 7.18. The fraction of sp³-hybridized carbons (Fsp3) is 0.241. The van der Waals surface area contributed by atoms with Gasteiger partial charge < -0.3 is 14.8 Å². The third kappa shape index (κ3) is 5.14. The van der Waals surface area contributed by atoms with Crippen LogP contribution >= 0.6 is 22.9 Å². The minimum absolute atomic E-state index is 0.124. The van der Waals surface area contributed by atoms with Crippen molar-refractivity contribution in [3.05, 3.63) is 80.2 Å². The third-order valence-corrected chi connectivity index (χ3v) is 7.89. The number of esters is 2. The molecule has 0 aliphatic rings. The number of hydrogen-bond donors (Lipinski definition) is 1. The zero-order valence-electron chi connectivity index (χ0n) is 21.7. The Hall–Kier alpha value is -3.75. The Balaban J connectivity index is 1.86. The topological polar surface area (TPSA) is 94.6 Å². The molecule has 38 heavy (non-hydrogen) atoms. The fourth-order valence-corrected chi connectivity index (χ4v) is 5.42. The molecular weight excluding hydrogens is 524 g/mol. The molecule has 0 radical (unpaired) electrons. The van der Waals surface area contributed by atoms with Crippen molar-refractivity contribution >= 4 is 56.7 Å². The van der Waals surface area contributed by atoms with Crippen LogP contribution in [0.1, 0.15) is 60.9 Å². The molecule has 4 rings (SSSR count). The average Bonchev–Trinajstić information content (AvgIpc) is 3.25. The van der Waals surface area contributed by atoms with E-state index < -0.39 is 17.8 Å². The number of methoxy groups -OCH3 is 1. The van der Waals surface area contributed by atoms with Gasteiger partial charge in [0.25, 0.3) is 5.91 Å². The number of carbonyl (C=O) groups excluding carboxylic acids is 3. The van der Waals surface area contributed by atoms with Crippen LogP contribution in [0.3, 0.4) is 0 Å². The number of halogens is 1. The van der Waals surface area contributed by atoms with Gasteiger partial charge >= 0.3 is 11.9 Å². The smallest absolute Gasteiger partial charge is 0.348 e. The molecule has 0 spiro atoms. The second-order valence-corrected chi connectivity index (χ2v) is 10.0. The molecule has 1 N–H and O–H groups in total. The molecule has 0 fully saturated rings. The Morgan fingerprint density at radius 1 is 1.00 bits per heavy atom. The van der Waals surface area contributed by atoms with Crippen LogP contribution in [0.5, 0.6) is 0 Å². The first-order chi connectivity index (χ1) is 18.2. The van der Waals surface area contributed by atoms with Crippen molar-refractivity contribution in [1.29, 1.82) is 0 Å². The molecule has 9 heteroatoms. The summed E-state index contributed by atoms with van der Waals surface area (Å²) >= 11 is 7.37. The summed E-state index contributed by atoms with van der Waals surface area (Å²) in [7, 11) is 1.26. The highest BCUT2D eigenvalue weighted by atomic mass is 35.5. The van der Waals surface area contributed by atoms with Crippen LogP contribution in [0.15, 0.2) is 42.5 Å². The number of nitrogens with zero attached hydrogens (tertiary/aromatic N) is 1. The Kier molecular flexibility index (Phi) is 8.14. The standard InChI is InChI=1S/C29H27ClN2O5S/c1-6-17-8-10-18(11-9-17)22-14-20(19-12-13-21(30)15(3)24(19)31-22)26(33)32-27-23(28(34)37-7-2)16(4)25(38-27)29(35)36-5/h8-14H,6-7H2,1-5H3,(H,32,33). The minimum Gasteiger partial charge on any atom is -0.465 e. The summed E-state index contributed by atoms with van der Waals surface area (Å²) in [6, 6.07) is 13.2. The number of ether oxygens (including phenoxy) is 2. The molecule has 0 aliphatic carbocycles. The molecule has 0 atom stereocenters. The first-order valence-electron chi connectivity index (χ1n) is 12.1. The number of thiophene rings is 1. The van der Waals surface area contributed by atoms with E-state index in [1.165, 1.54) is 12.7 Å². The number of rotatable bonds is 7. The van der Waals surface area contributed by atoms with Crippen LogP contribution < -0.4 is 5.32 Å². The number of fused-ring (bicyclic) bond motifs is 1. The number of anilines is 1. The number of aromatic nitrogens is 1. The lowest BCUT2D eigenvalue weighted by Gasteiger charge is -2.13. The van der Waals surface area contributed by atoms with E-state index in [2.05, 4.69) is 12.2 Å². The summed E-state index contributed by atoms with van der Waals surface area (Å²) in [6.07, 6.45) is 0.907. The summed E-state index contributed by atoms with van der Waals surface area (Å²) in [4.78, 5) is 43.9. The summed E-state index contributed by atoms with van der Waals surface area (Å²) in [5, 5.41) is 4.19. The van der Waals surface area contributed by atoms with Crippen molar-refractivity contribution < 1.29 is 23.9 Å². The van der Waals surface area contributed by atoms with Crippen molar-refractivity contribution in [3.8, 4) is 11.3 Å². The van der Waals surface area contributed by atoms with Gasteiger partial charge in [0.2, 0.25) is 0 Å². The zero-order valence-corrected chi connectivity index (χ0v) is 23.3. The lowest BCUT2D eigenvalue weighted by molar-refractivity contribution is 0.0527. The van der Waals surface area contributed by atoms with Crippen LogP contribution in [0.2, 0.25) is 5.02 Å². The molecule has 0 aliphatic heterocycles. The molecule has 1 amide bonds. The lowest BCUT2D eigenvalue weighted by Crippen LogP contribution is -2.16. The van der Waals surface area contributed by atoms with Gasteiger partial charge in [0.05, 0.1) is 36.1 Å². The molecule has 0 unspecified atom stereocenters. The highest BCUT2D eigenvalue weighted by Gasteiger charge is 2.28. The van der Waals surface area contributed by atoms with Gasteiger partial charge in [-0.15, -0.1) is 11.3 Å². The van der Waals surface area contributed by atoms with Gasteiger partial charge in [-0.05, 0) is 56.0 Å². The molecule has 2 heterocycles. The Labute approximate surface area is 229 Å². The fourth-order valence-electron chi connectivity index (χ4n) is 4.16. The molecule has 196 valence electrons. The van der Waals surface area contributed by atoms with Crippen LogP contribution in [-0.2, 0) is 15.9 Å². The summed E-state index contributed by atoms with van der Waals surface area (Å²) in [5.41, 5.74) is 4.86. The molecule has 0 bridgehead atoms. The normalized spacial score (nSPS) is 10.9. The maximum atomic E-state index is 13.8. The number of nitrogens with one attached hydrogen (secondary N) is 1. The van der Waals surface area contributed by atoms with Gasteiger partial charge in [-0.2, -0.15) is 0 Å². The van der Waals surface area contributed by atoms with E-state index >= 15 is 0 Å². The van der Waals surface area contributed by atoms with Crippen LogP contribution in [0.25, 0.3) is 22.2 Å². The van der Waals surface area contributed by atoms with Crippen molar-refractivity contribution in [3.63, 3.8) is 0 Å². The summed E-state index contributed by atoms with van der Waals surface area (Å²) < 4.78 is 10.1. The number of amides is 1. The largest absolute Gasteiger partial charge is 0.465 e. The molecule has 2 aromatic heterocycles. The van der Waals surface area contributed by atoms with E-state index in [9.17, 15) is 14.4 Å². The van der Waals surface area contributed by atoms with Gasteiger partial charge in [-0.25, -0.2) is 14.6 Å². The summed E-state index contributed by atoms with van der Waals surface area (Å²) in [6.45, 7) is 7.39. The number of carbonyl (C=O) groups is 3. The first kappa shape index (κ1) is 27.3. The van der Waals surface area contributed by atoms with E-state index in [0.29, 0.717) is 32.7 Å². The summed E-state index contributed by atoms with van der Waals surface area (Å²) in [5.74, 6) is -1.70. The quantitative estimate of drug-likeness (QED) is 0.249. The predicted molar refractivity (Wildman–Crippen MR) is 151 cm³/mol. The van der Waals surface area contributed by atoms with Crippen molar-refractivity contribution in [1.82, 2.24) is 4.98 Å². The molecular formula is C29H27ClN2O5S. The van der Waals surface area contributed by atoms with Gasteiger partial charge in [0.15, 0.2) is 0 Å². The average molecular weight is 551 g/mol. The number of pyridine rings is 1. The van der Waals surface area contributed by atoms with Crippen LogP contribution in [0.4, 0.5) is 5.00 Å². The highest BCUT2D eigenvalue weighted by Crippen LogP contribution is 2.36. The monoisotopic (exact) mass is 550 g/mol. The Morgan fingerprint density at radius 3 is 2.34 bits per heavy atom. The second-order valence-electron chi connectivity index (χ2n) is 8.60. The van der Waals surface area contributed by atoms with Crippen LogP contribution in [0, 0.1) is 13.8 Å². The molecule has 4 aromatic rings. The van der Waals surface area contributed by atoms with Gasteiger partial charge in [0.1, 0.15) is 9.88 Å². The lowest BCUT2D eigenvalue weighted by atomic mass is 10.0. The SMILES string of the molecule is CCOC(=O)c1c(NC(=O)c2cc(-c3ccc(CC)cc3)nc3c(C)c(Cl)ccc23)sc(C(=O)OC)c1C. The first-order valence-corrected chi connectivity index (χ1v) is 13.3.